The smallest absolute Gasteiger partial charge is 0.253 e. The number of aryl methyl sites for hydroxylation is 1. The molecule has 34 heavy (non-hydrogen) atoms. The van der Waals surface area contributed by atoms with Crippen molar-refractivity contribution in [2.45, 2.75) is 84.8 Å². The van der Waals surface area contributed by atoms with E-state index in [0.717, 1.165) is 62.0 Å². The Balaban J connectivity index is 1.77. The lowest BCUT2D eigenvalue weighted by Crippen LogP contribution is -2.44. The Labute approximate surface area is 206 Å². The van der Waals surface area contributed by atoms with Gasteiger partial charge in [-0.15, -0.1) is 0 Å². The third kappa shape index (κ3) is 6.02. The summed E-state index contributed by atoms with van der Waals surface area (Å²) in [4.78, 5) is 15.5. The first-order valence-electron chi connectivity index (χ1n) is 13.1. The summed E-state index contributed by atoms with van der Waals surface area (Å²) in [7, 11) is 0. The van der Waals surface area contributed by atoms with Crippen LogP contribution in [0, 0.1) is 5.92 Å². The molecule has 2 saturated heterocycles. The van der Waals surface area contributed by atoms with E-state index >= 15 is 0 Å². The molecular weight excluding hydrogens is 422 g/mol. The van der Waals surface area contributed by atoms with Crippen LogP contribution in [-0.4, -0.2) is 42.2 Å². The van der Waals surface area contributed by atoms with Crippen LogP contribution in [0.25, 0.3) is 0 Å². The minimum Gasteiger partial charge on any atom is -0.487 e. The molecule has 0 saturated carbocycles. The molecule has 0 radical (unpaired) electrons. The maximum absolute atomic E-state index is 13.5. The van der Waals surface area contributed by atoms with Crippen LogP contribution in [0.15, 0.2) is 54.3 Å². The van der Waals surface area contributed by atoms with Crippen molar-refractivity contribution in [1.82, 2.24) is 4.90 Å². The van der Waals surface area contributed by atoms with Gasteiger partial charge in [0, 0.05) is 43.7 Å². The van der Waals surface area contributed by atoms with Gasteiger partial charge in [0.25, 0.3) is 5.91 Å². The second kappa shape index (κ2) is 11.9. The molecule has 0 aliphatic carbocycles. The number of hydrogen-bond acceptors (Lipinski definition) is 3. The summed E-state index contributed by atoms with van der Waals surface area (Å²) in [6, 6.07) is 6.30. The number of nitrogens with zero attached hydrogens (tertiary/aromatic N) is 1. The fraction of sp³-hybridized carbons (Fsp3) is 0.567. The summed E-state index contributed by atoms with van der Waals surface area (Å²) >= 11 is 0. The van der Waals surface area contributed by atoms with Crippen LogP contribution < -0.4 is 0 Å². The number of carbonyl (C=O) groups excluding carboxylic acids is 1. The summed E-state index contributed by atoms with van der Waals surface area (Å²) in [5.41, 5.74) is 4.23. The monoisotopic (exact) mass is 465 g/mol. The fourth-order valence-corrected chi connectivity index (χ4v) is 5.42. The molecule has 0 aromatic heterocycles. The molecule has 3 rings (SSSR count). The number of benzene rings is 1. The van der Waals surface area contributed by atoms with E-state index < -0.39 is 0 Å². The fourth-order valence-electron chi connectivity index (χ4n) is 5.42. The summed E-state index contributed by atoms with van der Waals surface area (Å²) in [6.45, 7) is 16.7. The van der Waals surface area contributed by atoms with Crippen LogP contribution >= 0.6 is 0 Å². The number of likely N-dealkylation sites (tertiary alicyclic amines) is 1. The lowest BCUT2D eigenvalue weighted by molar-refractivity contribution is -0.0786. The second-order valence-electron chi connectivity index (χ2n) is 10.0. The molecule has 2 unspecified atom stereocenters. The van der Waals surface area contributed by atoms with E-state index in [1.165, 1.54) is 11.1 Å². The first kappa shape index (κ1) is 26.3. The van der Waals surface area contributed by atoms with Crippen LogP contribution in [0.2, 0.25) is 0 Å². The Hall–Kier alpha value is -2.33. The van der Waals surface area contributed by atoms with Crippen molar-refractivity contribution in [2.24, 2.45) is 5.92 Å². The van der Waals surface area contributed by atoms with E-state index in [2.05, 4.69) is 39.5 Å². The normalized spacial score (nSPS) is 25.6. The lowest BCUT2D eigenvalue weighted by Gasteiger charge is -2.43. The maximum Gasteiger partial charge on any atom is 0.253 e. The van der Waals surface area contributed by atoms with Crippen LogP contribution in [0.5, 0.6) is 0 Å². The SMILES string of the molecule is C=C/C=C1\C(=C/C)OC2(CCCN(C(=O)c3ccc(CC(C)C)c(CC)c3)CC2)CC1OCC. The van der Waals surface area contributed by atoms with Crippen LogP contribution in [0.1, 0.15) is 81.8 Å². The topological polar surface area (TPSA) is 38.8 Å². The third-order valence-electron chi connectivity index (χ3n) is 7.09. The number of allylic oxidation sites excluding steroid dienone is 3. The van der Waals surface area contributed by atoms with Gasteiger partial charge in [-0.05, 0) is 74.8 Å². The van der Waals surface area contributed by atoms with Crippen LogP contribution in [0.4, 0.5) is 0 Å². The molecule has 0 N–H and O–H groups in total. The van der Waals surface area contributed by atoms with E-state index in [1.807, 2.05) is 37.0 Å². The number of amides is 1. The Bertz CT molecular complexity index is 929. The van der Waals surface area contributed by atoms with Crippen LogP contribution in [0.3, 0.4) is 0 Å². The van der Waals surface area contributed by atoms with Gasteiger partial charge >= 0.3 is 0 Å². The molecular formula is C30H43NO3. The first-order valence-corrected chi connectivity index (χ1v) is 13.1. The molecule has 2 heterocycles. The zero-order chi connectivity index (χ0) is 24.7. The zero-order valence-corrected chi connectivity index (χ0v) is 21.9. The highest BCUT2D eigenvalue weighted by Crippen LogP contribution is 2.42. The highest BCUT2D eigenvalue weighted by atomic mass is 16.5. The van der Waals surface area contributed by atoms with Crippen molar-refractivity contribution in [3.63, 3.8) is 0 Å². The Morgan fingerprint density at radius 3 is 2.71 bits per heavy atom. The highest BCUT2D eigenvalue weighted by molar-refractivity contribution is 5.94. The van der Waals surface area contributed by atoms with Gasteiger partial charge in [-0.25, -0.2) is 0 Å². The Kier molecular flexibility index (Phi) is 9.18. The van der Waals surface area contributed by atoms with E-state index in [0.29, 0.717) is 19.1 Å². The minimum atomic E-state index is -0.301. The second-order valence-corrected chi connectivity index (χ2v) is 10.0. The van der Waals surface area contributed by atoms with Crippen molar-refractivity contribution >= 4 is 5.91 Å². The lowest BCUT2D eigenvalue weighted by atomic mass is 9.82. The first-order chi connectivity index (χ1) is 16.4. The molecule has 1 amide bonds. The maximum atomic E-state index is 13.5. The molecule has 2 aliphatic rings. The summed E-state index contributed by atoms with van der Waals surface area (Å²) in [6.07, 6.45) is 11.3. The van der Waals surface area contributed by atoms with Gasteiger partial charge in [-0.1, -0.05) is 45.6 Å². The predicted molar refractivity (Wildman–Crippen MR) is 140 cm³/mol. The largest absolute Gasteiger partial charge is 0.487 e. The molecule has 1 spiro atoms. The molecule has 2 aliphatic heterocycles. The van der Waals surface area contributed by atoms with E-state index in [-0.39, 0.29) is 17.6 Å². The van der Waals surface area contributed by atoms with Crippen molar-refractivity contribution in [1.29, 1.82) is 0 Å². The van der Waals surface area contributed by atoms with Crippen LogP contribution in [-0.2, 0) is 22.3 Å². The van der Waals surface area contributed by atoms with Gasteiger partial charge in [0.2, 0.25) is 0 Å². The number of carbonyl (C=O) groups is 1. The molecule has 1 aromatic carbocycles. The minimum absolute atomic E-state index is 0.00850. The van der Waals surface area contributed by atoms with Gasteiger partial charge in [0.1, 0.15) is 11.4 Å². The summed E-state index contributed by atoms with van der Waals surface area (Å²) in [5.74, 6) is 1.63. The molecule has 0 bridgehead atoms. The molecule has 4 heteroatoms. The Morgan fingerprint density at radius 2 is 2.06 bits per heavy atom. The van der Waals surface area contributed by atoms with Crippen molar-refractivity contribution < 1.29 is 14.3 Å². The van der Waals surface area contributed by atoms with Crippen molar-refractivity contribution in [3.05, 3.63) is 71.0 Å². The molecule has 1 aromatic rings. The predicted octanol–water partition coefficient (Wildman–Crippen LogP) is 6.65. The molecule has 2 fully saturated rings. The van der Waals surface area contributed by atoms with E-state index in [4.69, 9.17) is 9.47 Å². The quantitative estimate of drug-likeness (QED) is 0.452. The molecule has 186 valence electrons. The molecule has 4 nitrogen and oxygen atoms in total. The molecule has 2 atom stereocenters. The highest BCUT2D eigenvalue weighted by Gasteiger charge is 2.44. The van der Waals surface area contributed by atoms with Gasteiger partial charge in [-0.3, -0.25) is 4.79 Å². The van der Waals surface area contributed by atoms with E-state index in [1.54, 1.807) is 6.08 Å². The standard InChI is InChI=1S/C30H43NO3/c1-7-12-26-27(9-3)34-30(21-28(26)33-10-4)15-11-17-31(18-16-30)29(32)25-14-13-24(19-22(5)6)23(8-2)20-25/h7,9,12-14,20,22,28H,1,8,10-11,15-19,21H2,2-6H3/b26-12+,27-9+. The number of hydrogen-bond donors (Lipinski definition) is 0. The van der Waals surface area contributed by atoms with Gasteiger partial charge in [0.05, 0.1) is 6.10 Å². The van der Waals surface area contributed by atoms with Gasteiger partial charge < -0.3 is 14.4 Å². The third-order valence-corrected chi connectivity index (χ3v) is 7.09. The average molecular weight is 466 g/mol. The summed E-state index contributed by atoms with van der Waals surface area (Å²) < 4.78 is 12.8. The van der Waals surface area contributed by atoms with Crippen molar-refractivity contribution in [3.8, 4) is 0 Å². The Morgan fingerprint density at radius 1 is 1.26 bits per heavy atom. The average Bonchev–Trinajstić information content (AvgIpc) is 3.02. The summed E-state index contributed by atoms with van der Waals surface area (Å²) in [5, 5.41) is 0. The van der Waals surface area contributed by atoms with Gasteiger partial charge in [0.15, 0.2) is 0 Å². The van der Waals surface area contributed by atoms with Gasteiger partial charge in [-0.2, -0.15) is 0 Å². The van der Waals surface area contributed by atoms with E-state index in [9.17, 15) is 4.79 Å². The van der Waals surface area contributed by atoms with Crippen molar-refractivity contribution in [2.75, 3.05) is 19.7 Å². The number of rotatable bonds is 7. The number of ether oxygens (including phenoxy) is 2. The zero-order valence-electron chi connectivity index (χ0n) is 21.9.